The number of hydrogen-bond acceptors (Lipinski definition) is 3. The van der Waals surface area contributed by atoms with Crippen LogP contribution in [0.15, 0.2) is 12.4 Å². The Morgan fingerprint density at radius 3 is 3.15 bits per heavy atom. The molecule has 0 spiro atoms. The van der Waals surface area contributed by atoms with Crippen molar-refractivity contribution >= 4 is 0 Å². The third-order valence-electron chi connectivity index (χ3n) is 2.70. The summed E-state index contributed by atoms with van der Waals surface area (Å²) in [6, 6.07) is 2.26. The molecule has 4 heteroatoms. The quantitative estimate of drug-likeness (QED) is 0.666. The number of H-pyrrole nitrogens is 1. The molecule has 0 bridgehead atoms. The molecule has 3 N–H and O–H groups in total. The fourth-order valence-corrected chi connectivity index (χ4v) is 1.94. The maximum atomic E-state index is 8.76. The number of nitrogens with one attached hydrogen (secondary N) is 1. The number of nitriles is 1. The molecular formula is C9H12N4. The van der Waals surface area contributed by atoms with E-state index in [2.05, 4.69) is 16.0 Å². The Bertz CT molecular complexity index is 324. The van der Waals surface area contributed by atoms with E-state index < -0.39 is 5.54 Å². The molecule has 0 radical (unpaired) electrons. The molecule has 2 unspecified atom stereocenters. The first-order chi connectivity index (χ1) is 6.24. The second-order valence-corrected chi connectivity index (χ2v) is 3.66. The fraction of sp³-hybridized carbons (Fsp3) is 0.556. The zero-order valence-electron chi connectivity index (χ0n) is 7.33. The highest BCUT2D eigenvalue weighted by atomic mass is 15.0. The van der Waals surface area contributed by atoms with Crippen LogP contribution < -0.4 is 5.73 Å². The summed E-state index contributed by atoms with van der Waals surface area (Å²) in [4.78, 5) is 7.17. The van der Waals surface area contributed by atoms with Crippen molar-refractivity contribution in [1.82, 2.24) is 9.97 Å². The van der Waals surface area contributed by atoms with Crippen molar-refractivity contribution < 1.29 is 0 Å². The Morgan fingerprint density at radius 2 is 2.62 bits per heavy atom. The van der Waals surface area contributed by atoms with Crippen LogP contribution in [0, 0.1) is 17.2 Å². The van der Waals surface area contributed by atoms with E-state index >= 15 is 0 Å². The van der Waals surface area contributed by atoms with Gasteiger partial charge in [-0.05, 0) is 19.3 Å². The van der Waals surface area contributed by atoms with E-state index in [1.165, 1.54) is 0 Å². The van der Waals surface area contributed by atoms with Crippen LogP contribution in [0.2, 0.25) is 0 Å². The number of imidazole rings is 1. The molecule has 1 aromatic rings. The molecule has 0 amide bonds. The molecule has 1 aromatic heterocycles. The molecule has 1 aliphatic carbocycles. The predicted molar refractivity (Wildman–Crippen MR) is 47.4 cm³/mol. The van der Waals surface area contributed by atoms with Crippen LogP contribution >= 0.6 is 0 Å². The Hall–Kier alpha value is -1.34. The lowest BCUT2D eigenvalue weighted by Crippen LogP contribution is -2.34. The minimum absolute atomic E-state index is 0.0927. The van der Waals surface area contributed by atoms with Gasteiger partial charge in [0.25, 0.3) is 0 Å². The molecule has 1 fully saturated rings. The zero-order chi connectivity index (χ0) is 9.31. The fourth-order valence-electron chi connectivity index (χ4n) is 1.94. The molecule has 1 heterocycles. The third kappa shape index (κ3) is 1.31. The van der Waals surface area contributed by atoms with Gasteiger partial charge < -0.3 is 10.7 Å². The molecule has 0 aliphatic heterocycles. The molecule has 1 saturated carbocycles. The van der Waals surface area contributed by atoms with Gasteiger partial charge in [-0.2, -0.15) is 5.26 Å². The topological polar surface area (TPSA) is 78.5 Å². The van der Waals surface area contributed by atoms with Crippen LogP contribution in [-0.2, 0) is 5.54 Å². The van der Waals surface area contributed by atoms with E-state index in [-0.39, 0.29) is 5.92 Å². The van der Waals surface area contributed by atoms with Gasteiger partial charge in [0.05, 0.1) is 11.6 Å². The van der Waals surface area contributed by atoms with Crippen molar-refractivity contribution in [3.63, 3.8) is 0 Å². The van der Waals surface area contributed by atoms with Crippen molar-refractivity contribution in [2.45, 2.75) is 24.8 Å². The minimum Gasteiger partial charge on any atom is -0.347 e. The van der Waals surface area contributed by atoms with E-state index in [0.717, 1.165) is 25.1 Å². The number of nitrogens with zero attached hydrogens (tertiary/aromatic N) is 2. The normalized spacial score (nSPS) is 33.1. The van der Waals surface area contributed by atoms with Gasteiger partial charge in [0.1, 0.15) is 5.82 Å². The van der Waals surface area contributed by atoms with E-state index in [4.69, 9.17) is 11.0 Å². The maximum absolute atomic E-state index is 8.76. The summed E-state index contributed by atoms with van der Waals surface area (Å²) in [6.07, 6.45) is 5.91. The molecule has 2 atom stereocenters. The van der Waals surface area contributed by atoms with E-state index in [1.807, 2.05) is 0 Å². The summed E-state index contributed by atoms with van der Waals surface area (Å²) in [6.45, 7) is 0. The van der Waals surface area contributed by atoms with Crippen molar-refractivity contribution in [2.75, 3.05) is 0 Å². The van der Waals surface area contributed by atoms with Crippen LogP contribution in [0.25, 0.3) is 0 Å². The predicted octanol–water partition coefficient (Wildman–Crippen LogP) is 0.887. The lowest BCUT2D eigenvalue weighted by Gasteiger charge is -2.20. The maximum Gasteiger partial charge on any atom is 0.126 e. The molecule has 2 rings (SSSR count). The smallest absolute Gasteiger partial charge is 0.126 e. The van der Waals surface area contributed by atoms with E-state index in [1.54, 1.807) is 12.4 Å². The van der Waals surface area contributed by atoms with Crippen LogP contribution in [0.3, 0.4) is 0 Å². The average molecular weight is 176 g/mol. The van der Waals surface area contributed by atoms with Gasteiger partial charge in [0.2, 0.25) is 0 Å². The highest BCUT2D eigenvalue weighted by molar-refractivity contribution is 5.11. The van der Waals surface area contributed by atoms with Crippen LogP contribution in [0.1, 0.15) is 25.1 Å². The number of nitrogens with two attached hydrogens (primary N) is 1. The van der Waals surface area contributed by atoms with Crippen molar-refractivity contribution in [3.05, 3.63) is 18.2 Å². The van der Waals surface area contributed by atoms with Crippen molar-refractivity contribution in [3.8, 4) is 6.07 Å². The first-order valence-electron chi connectivity index (χ1n) is 4.43. The summed E-state index contributed by atoms with van der Waals surface area (Å²) in [5.41, 5.74) is 5.75. The van der Waals surface area contributed by atoms with E-state index in [0.29, 0.717) is 0 Å². The zero-order valence-corrected chi connectivity index (χ0v) is 7.33. The number of aromatic nitrogens is 2. The summed E-state index contributed by atoms with van der Waals surface area (Å²) in [7, 11) is 0. The Kier molecular flexibility index (Phi) is 1.82. The largest absolute Gasteiger partial charge is 0.347 e. The van der Waals surface area contributed by atoms with E-state index in [9.17, 15) is 0 Å². The molecule has 0 aromatic carbocycles. The summed E-state index contributed by atoms with van der Waals surface area (Å²) in [5, 5.41) is 8.76. The summed E-state index contributed by atoms with van der Waals surface area (Å²) < 4.78 is 0. The summed E-state index contributed by atoms with van der Waals surface area (Å²) in [5.74, 6) is 0.903. The second kappa shape index (κ2) is 2.86. The molecular weight excluding hydrogens is 164 g/mol. The molecule has 0 saturated heterocycles. The Labute approximate surface area is 76.8 Å². The average Bonchev–Trinajstić information content (AvgIpc) is 2.72. The van der Waals surface area contributed by atoms with Gasteiger partial charge >= 0.3 is 0 Å². The lowest BCUT2D eigenvalue weighted by atomic mass is 9.97. The van der Waals surface area contributed by atoms with Crippen molar-refractivity contribution in [2.24, 2.45) is 11.7 Å². The molecule has 13 heavy (non-hydrogen) atoms. The van der Waals surface area contributed by atoms with Gasteiger partial charge in [-0.1, -0.05) is 0 Å². The SMILES string of the molecule is N#CC1CCC(N)(c2ncc[nH]2)C1. The van der Waals surface area contributed by atoms with Crippen LogP contribution in [-0.4, -0.2) is 9.97 Å². The lowest BCUT2D eigenvalue weighted by molar-refractivity contribution is 0.426. The van der Waals surface area contributed by atoms with Gasteiger partial charge in [-0.15, -0.1) is 0 Å². The van der Waals surface area contributed by atoms with Gasteiger partial charge in [0.15, 0.2) is 0 Å². The minimum atomic E-state index is -0.399. The molecule has 68 valence electrons. The van der Waals surface area contributed by atoms with Crippen molar-refractivity contribution in [1.29, 1.82) is 5.26 Å². The van der Waals surface area contributed by atoms with Gasteiger partial charge in [-0.25, -0.2) is 4.98 Å². The highest BCUT2D eigenvalue weighted by Crippen LogP contribution is 2.37. The third-order valence-corrected chi connectivity index (χ3v) is 2.70. The number of rotatable bonds is 1. The highest BCUT2D eigenvalue weighted by Gasteiger charge is 2.39. The number of aromatic amines is 1. The molecule has 1 aliphatic rings. The Morgan fingerprint density at radius 1 is 1.77 bits per heavy atom. The first-order valence-corrected chi connectivity index (χ1v) is 4.43. The first kappa shape index (κ1) is 8.27. The number of hydrogen-bond donors (Lipinski definition) is 2. The molecule has 4 nitrogen and oxygen atoms in total. The van der Waals surface area contributed by atoms with Crippen LogP contribution in [0.4, 0.5) is 0 Å². The van der Waals surface area contributed by atoms with Gasteiger partial charge in [0, 0.05) is 18.3 Å². The standard InChI is InChI=1S/C9H12N4/c10-6-7-1-2-9(11,5-7)8-12-3-4-13-8/h3-4,7H,1-2,5,11H2,(H,12,13). The monoisotopic (exact) mass is 176 g/mol. The Balaban J connectivity index is 2.21. The second-order valence-electron chi connectivity index (χ2n) is 3.66. The van der Waals surface area contributed by atoms with Gasteiger partial charge in [-0.3, -0.25) is 0 Å². The van der Waals surface area contributed by atoms with Crippen LogP contribution in [0.5, 0.6) is 0 Å². The summed E-state index contributed by atoms with van der Waals surface area (Å²) >= 11 is 0.